The van der Waals surface area contributed by atoms with Crippen LogP contribution in [0.25, 0.3) is 0 Å². The van der Waals surface area contributed by atoms with E-state index in [0.717, 1.165) is 18.4 Å². The molecule has 0 aromatic heterocycles. The van der Waals surface area contributed by atoms with E-state index < -0.39 is 5.97 Å². The maximum atomic E-state index is 11.2. The maximum Gasteiger partial charge on any atom is 0.0606 e. The standard InChI is InChI=1S/C17H24O3/c1-12(2)15-10-17(8-9-20-15,11-16(18)19)14-6-4-13(3)5-7-14/h4-7,12,15H,8-11H2,1-3H3,(H,18,19)/p-1/t15-,17-/m1/s1. The minimum absolute atomic E-state index is 0.0721. The van der Waals surface area contributed by atoms with E-state index in [2.05, 4.69) is 26.0 Å². The zero-order valence-corrected chi connectivity index (χ0v) is 12.5. The van der Waals surface area contributed by atoms with Crippen molar-refractivity contribution in [3.8, 4) is 0 Å². The molecule has 0 radical (unpaired) electrons. The lowest BCUT2D eigenvalue weighted by Crippen LogP contribution is -2.44. The first-order chi connectivity index (χ1) is 9.43. The van der Waals surface area contributed by atoms with Gasteiger partial charge in [-0.15, -0.1) is 0 Å². The van der Waals surface area contributed by atoms with Gasteiger partial charge in [0.15, 0.2) is 0 Å². The van der Waals surface area contributed by atoms with Crippen LogP contribution in [0.2, 0.25) is 0 Å². The Bertz CT molecular complexity index is 464. The number of aliphatic carboxylic acids is 1. The van der Waals surface area contributed by atoms with Crippen molar-refractivity contribution in [3.63, 3.8) is 0 Å². The van der Waals surface area contributed by atoms with Gasteiger partial charge in [0.05, 0.1) is 6.10 Å². The van der Waals surface area contributed by atoms with Crippen LogP contribution in [0.1, 0.15) is 44.2 Å². The maximum absolute atomic E-state index is 11.2. The molecule has 0 N–H and O–H groups in total. The summed E-state index contributed by atoms with van der Waals surface area (Å²) < 4.78 is 5.81. The summed E-state index contributed by atoms with van der Waals surface area (Å²) in [5.74, 6) is -0.586. The van der Waals surface area contributed by atoms with Crippen molar-refractivity contribution >= 4 is 5.97 Å². The van der Waals surface area contributed by atoms with Crippen molar-refractivity contribution in [3.05, 3.63) is 35.4 Å². The van der Waals surface area contributed by atoms with E-state index in [1.165, 1.54) is 5.56 Å². The summed E-state index contributed by atoms with van der Waals surface area (Å²) in [6.07, 6.45) is 1.68. The van der Waals surface area contributed by atoms with Crippen LogP contribution in [0.5, 0.6) is 0 Å². The highest BCUT2D eigenvalue weighted by molar-refractivity contribution is 5.67. The van der Waals surface area contributed by atoms with E-state index >= 15 is 0 Å². The zero-order chi connectivity index (χ0) is 14.8. The van der Waals surface area contributed by atoms with E-state index in [0.29, 0.717) is 12.5 Å². The number of benzene rings is 1. The molecule has 20 heavy (non-hydrogen) atoms. The molecule has 1 fully saturated rings. The summed E-state index contributed by atoms with van der Waals surface area (Å²) in [6, 6.07) is 8.21. The van der Waals surface area contributed by atoms with Crippen molar-refractivity contribution < 1.29 is 14.6 Å². The monoisotopic (exact) mass is 275 g/mol. The fraction of sp³-hybridized carbons (Fsp3) is 0.588. The summed E-state index contributed by atoms with van der Waals surface area (Å²) in [5, 5.41) is 11.2. The van der Waals surface area contributed by atoms with E-state index in [4.69, 9.17) is 4.74 Å². The second-order valence-electron chi connectivity index (χ2n) is 6.30. The molecule has 0 amide bonds. The number of carboxylic acid groups (broad SMARTS) is 1. The van der Waals surface area contributed by atoms with E-state index in [-0.39, 0.29) is 17.9 Å². The van der Waals surface area contributed by atoms with Crippen LogP contribution >= 0.6 is 0 Å². The zero-order valence-electron chi connectivity index (χ0n) is 12.5. The van der Waals surface area contributed by atoms with Gasteiger partial charge in [-0.1, -0.05) is 43.7 Å². The van der Waals surface area contributed by atoms with E-state index in [1.807, 2.05) is 19.1 Å². The highest BCUT2D eigenvalue weighted by atomic mass is 16.5. The molecule has 0 spiro atoms. The Morgan fingerprint density at radius 3 is 2.60 bits per heavy atom. The van der Waals surface area contributed by atoms with Crippen molar-refractivity contribution in [1.29, 1.82) is 0 Å². The molecule has 1 saturated heterocycles. The second-order valence-corrected chi connectivity index (χ2v) is 6.30. The van der Waals surface area contributed by atoms with Crippen molar-refractivity contribution in [2.45, 2.75) is 51.6 Å². The van der Waals surface area contributed by atoms with Crippen molar-refractivity contribution in [2.75, 3.05) is 6.61 Å². The Morgan fingerprint density at radius 1 is 1.40 bits per heavy atom. The quantitative estimate of drug-likeness (QED) is 0.846. The molecule has 110 valence electrons. The number of carbonyl (C=O) groups is 1. The largest absolute Gasteiger partial charge is 0.550 e. The van der Waals surface area contributed by atoms with Crippen molar-refractivity contribution in [1.82, 2.24) is 0 Å². The van der Waals surface area contributed by atoms with E-state index in [9.17, 15) is 9.90 Å². The normalized spacial score (nSPS) is 26.7. The number of ether oxygens (including phenoxy) is 1. The molecule has 2 rings (SSSR count). The van der Waals surface area contributed by atoms with Crippen LogP contribution in [0.3, 0.4) is 0 Å². The predicted molar refractivity (Wildman–Crippen MR) is 76.3 cm³/mol. The molecule has 1 heterocycles. The van der Waals surface area contributed by atoms with Gasteiger partial charge in [0, 0.05) is 18.0 Å². The van der Waals surface area contributed by atoms with Gasteiger partial charge in [0.25, 0.3) is 0 Å². The molecule has 1 aromatic carbocycles. The van der Waals surface area contributed by atoms with Crippen LogP contribution in [0, 0.1) is 12.8 Å². The number of aryl methyl sites for hydroxylation is 1. The van der Waals surface area contributed by atoms with Crippen LogP contribution < -0.4 is 5.11 Å². The first kappa shape index (κ1) is 15.0. The molecule has 0 unspecified atom stereocenters. The molecule has 0 saturated carbocycles. The highest BCUT2D eigenvalue weighted by Gasteiger charge is 2.39. The number of hydrogen-bond donors (Lipinski definition) is 0. The summed E-state index contributed by atoms with van der Waals surface area (Å²) in [6.45, 7) is 6.89. The Morgan fingerprint density at radius 2 is 2.05 bits per heavy atom. The summed E-state index contributed by atoms with van der Waals surface area (Å²) in [5.41, 5.74) is 1.94. The van der Waals surface area contributed by atoms with Crippen LogP contribution in [0.4, 0.5) is 0 Å². The predicted octanol–water partition coefficient (Wildman–Crippen LogP) is 2.21. The average Bonchev–Trinajstić information content (AvgIpc) is 2.38. The number of hydrogen-bond acceptors (Lipinski definition) is 3. The molecule has 3 heteroatoms. The lowest BCUT2D eigenvalue weighted by molar-refractivity contribution is -0.307. The van der Waals surface area contributed by atoms with Gasteiger partial charge in [-0.2, -0.15) is 0 Å². The minimum Gasteiger partial charge on any atom is -0.550 e. The number of carbonyl (C=O) groups excluding carboxylic acids is 1. The van der Waals surface area contributed by atoms with Crippen molar-refractivity contribution in [2.24, 2.45) is 5.92 Å². The third-order valence-corrected chi connectivity index (χ3v) is 4.39. The van der Waals surface area contributed by atoms with Crippen LogP contribution in [-0.4, -0.2) is 18.7 Å². The Kier molecular flexibility index (Phi) is 4.48. The smallest absolute Gasteiger partial charge is 0.0606 e. The molecule has 2 atom stereocenters. The van der Waals surface area contributed by atoms with Crippen LogP contribution in [-0.2, 0) is 14.9 Å². The van der Waals surface area contributed by atoms with Gasteiger partial charge in [-0.3, -0.25) is 0 Å². The summed E-state index contributed by atoms with van der Waals surface area (Å²) in [7, 11) is 0. The minimum atomic E-state index is -0.977. The fourth-order valence-electron chi connectivity index (χ4n) is 3.09. The Labute approximate surface area is 121 Å². The number of carboxylic acids is 1. The lowest BCUT2D eigenvalue weighted by atomic mass is 9.68. The molecule has 1 aromatic rings. The highest BCUT2D eigenvalue weighted by Crippen LogP contribution is 2.41. The molecule has 1 aliphatic heterocycles. The topological polar surface area (TPSA) is 49.4 Å². The third kappa shape index (κ3) is 3.21. The molecule has 0 bridgehead atoms. The average molecular weight is 275 g/mol. The summed E-state index contributed by atoms with van der Waals surface area (Å²) >= 11 is 0. The molecular formula is C17H23O3-. The Hall–Kier alpha value is -1.35. The second kappa shape index (κ2) is 5.96. The SMILES string of the molecule is Cc1ccc([C@]2(CC(=O)[O-])CCO[C@@H](C(C)C)C2)cc1. The van der Waals surface area contributed by atoms with Gasteiger partial charge in [-0.05, 0) is 37.7 Å². The Balaban J connectivity index is 2.34. The van der Waals surface area contributed by atoms with Gasteiger partial charge in [0.2, 0.25) is 0 Å². The molecule has 3 nitrogen and oxygen atoms in total. The first-order valence-electron chi connectivity index (χ1n) is 7.31. The van der Waals surface area contributed by atoms with E-state index in [1.54, 1.807) is 0 Å². The lowest BCUT2D eigenvalue weighted by Gasteiger charge is -2.43. The van der Waals surface area contributed by atoms with Gasteiger partial charge < -0.3 is 14.6 Å². The fourth-order valence-corrected chi connectivity index (χ4v) is 3.09. The van der Waals surface area contributed by atoms with Gasteiger partial charge in [-0.25, -0.2) is 0 Å². The number of rotatable bonds is 4. The van der Waals surface area contributed by atoms with Crippen LogP contribution in [0.15, 0.2) is 24.3 Å². The summed E-state index contributed by atoms with van der Waals surface area (Å²) in [4.78, 5) is 11.2. The molecular weight excluding hydrogens is 252 g/mol. The van der Waals surface area contributed by atoms with Gasteiger partial charge >= 0.3 is 0 Å². The molecule has 0 aliphatic carbocycles. The van der Waals surface area contributed by atoms with Gasteiger partial charge in [0.1, 0.15) is 0 Å². The third-order valence-electron chi connectivity index (χ3n) is 4.39. The molecule has 1 aliphatic rings. The first-order valence-corrected chi connectivity index (χ1v) is 7.31.